The van der Waals surface area contributed by atoms with E-state index < -0.39 is 5.97 Å². The quantitative estimate of drug-likeness (QED) is 0.387. The third kappa shape index (κ3) is 8.01. The summed E-state index contributed by atoms with van der Waals surface area (Å²) in [6.07, 6.45) is 2.24. The molecule has 1 saturated heterocycles. The van der Waals surface area contributed by atoms with E-state index in [-0.39, 0.29) is 13.8 Å². The number of hydrogen-bond donors (Lipinski definition) is 2. The highest BCUT2D eigenvalue weighted by Crippen LogP contribution is 2.35. The number of methoxy groups -OCH3 is 1. The maximum absolute atomic E-state index is 10.9. The lowest BCUT2D eigenvalue weighted by Gasteiger charge is -2.26. The Hall–Kier alpha value is -3.02. The number of fused-ring (bicyclic) bond motifs is 1. The number of carbonyl (C=O) groups is 1. The molecule has 0 atom stereocenters. The number of anilines is 2. The van der Waals surface area contributed by atoms with Crippen molar-refractivity contribution >= 4 is 39.2 Å². The number of nitrogens with zero attached hydrogens (tertiary/aromatic N) is 4. The molecule has 11 heteroatoms. The maximum Gasteiger partial charge on any atom is 0.309 e. The molecule has 0 spiro atoms. The monoisotopic (exact) mass is 505 g/mol. The van der Waals surface area contributed by atoms with E-state index in [4.69, 9.17) is 19.3 Å². The number of benzene rings is 1. The Kier molecular flexibility index (Phi) is 11.6. The molecular weight excluding hydrogens is 470 g/mol. The number of carboxylic acids is 1. The fourth-order valence-electron chi connectivity index (χ4n) is 3.43. The number of rotatable bonds is 10. The molecule has 0 bridgehead atoms. The number of carboxylic acid groups (broad SMARTS) is 1. The third-order valence-corrected chi connectivity index (χ3v) is 5.82. The average molecular weight is 506 g/mol. The van der Waals surface area contributed by atoms with Gasteiger partial charge in [-0.05, 0) is 12.5 Å². The van der Waals surface area contributed by atoms with Gasteiger partial charge in [0.15, 0.2) is 16.6 Å². The molecule has 4 rings (SSSR count). The molecule has 0 aliphatic carbocycles. The van der Waals surface area contributed by atoms with Gasteiger partial charge in [-0.2, -0.15) is 0 Å². The van der Waals surface area contributed by atoms with Gasteiger partial charge in [-0.3, -0.25) is 9.69 Å². The van der Waals surface area contributed by atoms with Crippen LogP contribution in [0, 0.1) is 0 Å². The molecule has 10 nitrogen and oxygen atoms in total. The Balaban J connectivity index is 0.00000140. The van der Waals surface area contributed by atoms with Crippen LogP contribution in [0.15, 0.2) is 23.8 Å². The molecule has 0 saturated carbocycles. The second-order valence-corrected chi connectivity index (χ2v) is 8.10. The Morgan fingerprint density at radius 1 is 1.23 bits per heavy atom. The van der Waals surface area contributed by atoms with Gasteiger partial charge in [0, 0.05) is 36.5 Å². The predicted octanol–water partition coefficient (Wildman–Crippen LogP) is 4.23. The maximum atomic E-state index is 10.9. The Bertz CT molecular complexity index is 1070. The summed E-state index contributed by atoms with van der Waals surface area (Å²) in [7, 11) is 1.59. The van der Waals surface area contributed by atoms with E-state index in [9.17, 15) is 4.79 Å². The zero-order chi connectivity index (χ0) is 24.3. The highest BCUT2D eigenvalue weighted by atomic mass is 32.1. The van der Waals surface area contributed by atoms with Crippen LogP contribution >= 0.6 is 11.3 Å². The van der Waals surface area contributed by atoms with Gasteiger partial charge < -0.3 is 24.6 Å². The molecule has 35 heavy (non-hydrogen) atoms. The summed E-state index contributed by atoms with van der Waals surface area (Å²) < 4.78 is 16.9. The molecule has 1 fully saturated rings. The summed E-state index contributed by atoms with van der Waals surface area (Å²) >= 11 is 1.32. The van der Waals surface area contributed by atoms with E-state index in [1.807, 2.05) is 26.0 Å². The molecule has 3 aromatic rings. The van der Waals surface area contributed by atoms with Crippen LogP contribution in [0.3, 0.4) is 0 Å². The standard InChI is InChI=1S/C21H25N5O5S.C2H6.CH4/c1-29-17-10-15-16(11-18(17)31-6-2-3-26-4-7-30-8-5-26)22-13-23-20(15)25-21-24-14(12-32-21)9-19(27)28;1-2;/h10-13H,2-9H2,1H3,(H,27,28)(H,22,23,24,25);1-2H3;1H4. The molecular formula is C24H35N5O5S. The molecule has 2 N–H and O–H groups in total. The smallest absolute Gasteiger partial charge is 0.309 e. The van der Waals surface area contributed by atoms with Crippen LogP contribution in [0.1, 0.15) is 33.4 Å². The summed E-state index contributed by atoms with van der Waals surface area (Å²) in [5, 5.41) is 15.1. The van der Waals surface area contributed by atoms with Crippen molar-refractivity contribution in [2.24, 2.45) is 0 Å². The average Bonchev–Trinajstić information content (AvgIpc) is 3.29. The number of nitrogens with one attached hydrogen (secondary N) is 1. The summed E-state index contributed by atoms with van der Waals surface area (Å²) in [4.78, 5) is 26.2. The van der Waals surface area contributed by atoms with E-state index in [0.717, 1.165) is 44.7 Å². The summed E-state index contributed by atoms with van der Waals surface area (Å²) in [5.41, 5.74) is 1.20. The Morgan fingerprint density at radius 3 is 2.71 bits per heavy atom. The number of aromatic nitrogens is 3. The summed E-state index contributed by atoms with van der Waals surface area (Å²) in [5.74, 6) is 0.858. The third-order valence-electron chi connectivity index (χ3n) is 5.01. The minimum Gasteiger partial charge on any atom is -0.493 e. The number of aliphatic carboxylic acids is 1. The van der Waals surface area contributed by atoms with E-state index in [1.54, 1.807) is 12.5 Å². The van der Waals surface area contributed by atoms with E-state index >= 15 is 0 Å². The van der Waals surface area contributed by atoms with Gasteiger partial charge in [0.2, 0.25) is 0 Å². The molecule has 2 aromatic heterocycles. The lowest BCUT2D eigenvalue weighted by molar-refractivity contribution is -0.136. The van der Waals surface area contributed by atoms with Gasteiger partial charge in [0.25, 0.3) is 0 Å². The van der Waals surface area contributed by atoms with E-state index in [0.29, 0.717) is 40.3 Å². The van der Waals surface area contributed by atoms with Crippen molar-refractivity contribution in [2.75, 3.05) is 51.9 Å². The number of hydrogen-bond acceptors (Lipinski definition) is 10. The molecule has 0 amide bonds. The minimum atomic E-state index is -0.920. The Morgan fingerprint density at radius 2 is 2.00 bits per heavy atom. The molecule has 3 heterocycles. The number of morpholine rings is 1. The first-order valence-corrected chi connectivity index (χ1v) is 12.2. The van der Waals surface area contributed by atoms with Gasteiger partial charge in [0.05, 0.1) is 44.6 Å². The van der Waals surface area contributed by atoms with Crippen molar-refractivity contribution in [3.8, 4) is 11.5 Å². The molecule has 0 unspecified atom stereocenters. The van der Waals surface area contributed by atoms with Crippen molar-refractivity contribution < 1.29 is 24.1 Å². The van der Waals surface area contributed by atoms with Gasteiger partial charge >= 0.3 is 5.97 Å². The van der Waals surface area contributed by atoms with Crippen LogP contribution in [0.5, 0.6) is 11.5 Å². The summed E-state index contributed by atoms with van der Waals surface area (Å²) in [6.45, 7) is 9.04. The fraction of sp³-hybridized carbons (Fsp3) is 0.500. The highest BCUT2D eigenvalue weighted by molar-refractivity contribution is 7.13. The van der Waals surface area contributed by atoms with Crippen LogP contribution in [0.25, 0.3) is 10.9 Å². The van der Waals surface area contributed by atoms with Crippen LogP contribution in [0.2, 0.25) is 0 Å². The largest absolute Gasteiger partial charge is 0.493 e. The molecule has 1 aliphatic rings. The highest BCUT2D eigenvalue weighted by Gasteiger charge is 2.14. The Labute approximate surface area is 210 Å². The van der Waals surface area contributed by atoms with Gasteiger partial charge in [-0.1, -0.05) is 21.3 Å². The van der Waals surface area contributed by atoms with E-state index in [1.165, 1.54) is 17.7 Å². The number of ether oxygens (including phenoxy) is 3. The van der Waals surface area contributed by atoms with E-state index in [2.05, 4.69) is 25.2 Å². The van der Waals surface area contributed by atoms with Crippen molar-refractivity contribution in [2.45, 2.75) is 34.1 Å². The topological polar surface area (TPSA) is 119 Å². The first kappa shape index (κ1) is 28.2. The lowest BCUT2D eigenvalue weighted by atomic mass is 10.2. The zero-order valence-electron chi connectivity index (χ0n) is 19.7. The summed E-state index contributed by atoms with van der Waals surface area (Å²) in [6, 6.07) is 3.67. The second-order valence-electron chi connectivity index (χ2n) is 7.24. The van der Waals surface area contributed by atoms with Crippen LogP contribution in [-0.2, 0) is 16.0 Å². The molecule has 1 aromatic carbocycles. The molecule has 1 aliphatic heterocycles. The van der Waals surface area contributed by atoms with Crippen LogP contribution in [-0.4, -0.2) is 77.5 Å². The first-order valence-electron chi connectivity index (χ1n) is 11.3. The van der Waals surface area contributed by atoms with Gasteiger partial charge in [-0.25, -0.2) is 15.0 Å². The molecule has 0 radical (unpaired) electrons. The predicted molar refractivity (Wildman–Crippen MR) is 138 cm³/mol. The van der Waals surface area contributed by atoms with Crippen LogP contribution < -0.4 is 14.8 Å². The van der Waals surface area contributed by atoms with Crippen LogP contribution in [0.4, 0.5) is 10.9 Å². The molecule has 192 valence electrons. The normalized spacial score (nSPS) is 13.3. The van der Waals surface area contributed by atoms with Crippen molar-refractivity contribution in [3.05, 3.63) is 29.5 Å². The number of thiazole rings is 1. The van der Waals surface area contributed by atoms with Gasteiger partial charge in [-0.15, -0.1) is 11.3 Å². The first-order chi connectivity index (χ1) is 16.6. The second kappa shape index (κ2) is 14.4. The van der Waals surface area contributed by atoms with Crippen molar-refractivity contribution in [1.82, 2.24) is 19.9 Å². The lowest BCUT2D eigenvalue weighted by Crippen LogP contribution is -2.37. The SMILES string of the molecule is C.CC.COc1cc2c(Nc3nc(CC(=O)O)cs3)ncnc2cc1OCCCN1CCOCC1. The van der Waals surface area contributed by atoms with Crippen molar-refractivity contribution in [1.29, 1.82) is 0 Å². The zero-order valence-corrected chi connectivity index (χ0v) is 20.6. The van der Waals surface area contributed by atoms with Gasteiger partial charge in [0.1, 0.15) is 12.1 Å². The van der Waals surface area contributed by atoms with Crippen molar-refractivity contribution in [3.63, 3.8) is 0 Å². The minimum absolute atomic E-state index is 0. The fourth-order valence-corrected chi connectivity index (χ4v) is 4.14.